The number of hydrogen-bond donors (Lipinski definition) is 0. The Hall–Kier alpha value is -1.60. The zero-order valence-electron chi connectivity index (χ0n) is 12.3. The fraction of sp³-hybridized carbons (Fsp3) is 0.133. The minimum atomic E-state index is -3.68. The van der Waals surface area contributed by atoms with Crippen LogP contribution in [0.3, 0.4) is 0 Å². The molecule has 0 bridgehead atoms. The molecule has 5 nitrogen and oxygen atoms in total. The number of sulfonamides is 1. The van der Waals surface area contributed by atoms with Crippen LogP contribution in [0.5, 0.6) is 5.75 Å². The summed E-state index contributed by atoms with van der Waals surface area (Å²) < 4.78 is 30.5. The lowest BCUT2D eigenvalue weighted by molar-refractivity contribution is 0.0734. The van der Waals surface area contributed by atoms with Crippen LogP contribution < -0.4 is 4.74 Å². The number of carbonyl (C=O) groups excluding carboxylic acids is 1. The van der Waals surface area contributed by atoms with E-state index in [4.69, 9.17) is 27.9 Å². The van der Waals surface area contributed by atoms with E-state index < -0.39 is 16.0 Å². The molecular weight excluding hydrogens is 361 g/mol. The van der Waals surface area contributed by atoms with Crippen molar-refractivity contribution in [1.82, 2.24) is 4.31 Å². The molecule has 8 heteroatoms. The van der Waals surface area contributed by atoms with Crippen molar-refractivity contribution in [2.24, 2.45) is 0 Å². The summed E-state index contributed by atoms with van der Waals surface area (Å²) in [6.45, 7) is 0. The summed E-state index contributed by atoms with van der Waals surface area (Å²) >= 11 is 11.8. The van der Waals surface area contributed by atoms with Gasteiger partial charge in [0.05, 0.1) is 15.5 Å². The van der Waals surface area contributed by atoms with Gasteiger partial charge in [0.2, 0.25) is 10.0 Å². The van der Waals surface area contributed by atoms with Gasteiger partial charge in [-0.15, -0.1) is 0 Å². The molecule has 23 heavy (non-hydrogen) atoms. The molecule has 0 aliphatic heterocycles. The standard InChI is InChI=1S/C15H13Cl2NO4S/c1-18(2)23(20,21)12-6-7-14(17)13(9-12)15(19)22-11-5-3-4-10(16)8-11/h3-9H,1-2H3. The van der Waals surface area contributed by atoms with Gasteiger partial charge in [0.25, 0.3) is 0 Å². The van der Waals surface area contributed by atoms with Crippen LogP contribution in [0.25, 0.3) is 0 Å². The Morgan fingerprint density at radius 1 is 1.09 bits per heavy atom. The average molecular weight is 374 g/mol. The van der Waals surface area contributed by atoms with Crippen LogP contribution in [0.15, 0.2) is 47.4 Å². The number of rotatable bonds is 4. The molecule has 0 fully saturated rings. The van der Waals surface area contributed by atoms with Crippen LogP contribution in [0, 0.1) is 0 Å². The number of ether oxygens (including phenoxy) is 1. The fourth-order valence-corrected chi connectivity index (χ4v) is 3.03. The monoisotopic (exact) mass is 373 g/mol. The Morgan fingerprint density at radius 3 is 2.39 bits per heavy atom. The predicted molar refractivity (Wildman–Crippen MR) is 88.7 cm³/mol. The van der Waals surface area contributed by atoms with Crippen molar-refractivity contribution in [3.63, 3.8) is 0 Å². The molecule has 0 radical (unpaired) electrons. The molecule has 0 amide bonds. The number of esters is 1. The zero-order chi connectivity index (χ0) is 17.2. The quantitative estimate of drug-likeness (QED) is 0.607. The Bertz CT molecular complexity index is 850. The second-order valence-corrected chi connectivity index (χ2v) is 7.77. The Morgan fingerprint density at radius 2 is 1.78 bits per heavy atom. The minimum Gasteiger partial charge on any atom is -0.423 e. The summed E-state index contributed by atoms with van der Waals surface area (Å²) in [6, 6.07) is 10.1. The number of hydrogen-bond acceptors (Lipinski definition) is 4. The summed E-state index contributed by atoms with van der Waals surface area (Å²) in [5.74, 6) is -0.535. The summed E-state index contributed by atoms with van der Waals surface area (Å²) in [5, 5.41) is 0.500. The SMILES string of the molecule is CN(C)S(=O)(=O)c1ccc(Cl)c(C(=O)Oc2cccc(Cl)c2)c1. The molecule has 0 aromatic heterocycles. The number of nitrogens with zero attached hydrogens (tertiary/aromatic N) is 1. The molecule has 2 rings (SSSR count). The van der Waals surface area contributed by atoms with Crippen molar-refractivity contribution in [3.8, 4) is 5.75 Å². The lowest BCUT2D eigenvalue weighted by Gasteiger charge is -2.13. The molecule has 2 aromatic carbocycles. The molecule has 0 aliphatic rings. The highest BCUT2D eigenvalue weighted by molar-refractivity contribution is 7.89. The number of carbonyl (C=O) groups is 1. The van der Waals surface area contributed by atoms with E-state index in [1.54, 1.807) is 18.2 Å². The van der Waals surface area contributed by atoms with Crippen LogP contribution in [0.2, 0.25) is 10.0 Å². The van der Waals surface area contributed by atoms with Crippen molar-refractivity contribution >= 4 is 39.2 Å². The molecule has 0 saturated heterocycles. The first-order chi connectivity index (χ1) is 10.7. The maximum Gasteiger partial charge on any atom is 0.345 e. The van der Waals surface area contributed by atoms with Gasteiger partial charge in [-0.25, -0.2) is 17.5 Å². The second-order valence-electron chi connectivity index (χ2n) is 4.78. The van der Waals surface area contributed by atoms with Gasteiger partial charge in [-0.2, -0.15) is 0 Å². The van der Waals surface area contributed by atoms with Gasteiger partial charge in [0, 0.05) is 19.1 Å². The molecule has 2 aromatic rings. The van der Waals surface area contributed by atoms with Crippen LogP contribution in [-0.2, 0) is 10.0 Å². The lowest BCUT2D eigenvalue weighted by Crippen LogP contribution is -2.22. The third-order valence-corrected chi connectivity index (χ3v) is 5.32. The van der Waals surface area contributed by atoms with E-state index in [-0.39, 0.29) is 21.2 Å². The second kappa shape index (κ2) is 6.88. The van der Waals surface area contributed by atoms with Crippen molar-refractivity contribution in [1.29, 1.82) is 0 Å². The summed E-state index contributed by atoms with van der Waals surface area (Å²) in [6.07, 6.45) is 0. The molecule has 0 aliphatic carbocycles. The molecule has 122 valence electrons. The Balaban J connectivity index is 2.37. The van der Waals surface area contributed by atoms with Gasteiger partial charge in [-0.1, -0.05) is 29.3 Å². The van der Waals surface area contributed by atoms with E-state index in [1.165, 1.54) is 38.4 Å². The van der Waals surface area contributed by atoms with E-state index in [1.807, 2.05) is 0 Å². The number of halogens is 2. The fourth-order valence-electron chi connectivity index (χ4n) is 1.72. The molecule has 0 spiro atoms. The van der Waals surface area contributed by atoms with Gasteiger partial charge >= 0.3 is 5.97 Å². The molecule has 0 saturated carbocycles. The van der Waals surface area contributed by atoms with Crippen LogP contribution in [0.1, 0.15) is 10.4 Å². The third-order valence-electron chi connectivity index (χ3n) is 2.94. The van der Waals surface area contributed by atoms with Gasteiger partial charge in [-0.05, 0) is 36.4 Å². The normalized spacial score (nSPS) is 11.5. The average Bonchev–Trinajstić information content (AvgIpc) is 2.47. The van der Waals surface area contributed by atoms with E-state index in [0.29, 0.717) is 5.02 Å². The van der Waals surface area contributed by atoms with Crippen LogP contribution in [-0.4, -0.2) is 32.8 Å². The van der Waals surface area contributed by atoms with Crippen molar-refractivity contribution in [2.45, 2.75) is 4.90 Å². The van der Waals surface area contributed by atoms with Crippen molar-refractivity contribution < 1.29 is 17.9 Å². The van der Waals surface area contributed by atoms with E-state index in [2.05, 4.69) is 0 Å². The summed E-state index contributed by atoms with van der Waals surface area (Å²) in [5.41, 5.74) is -0.0467. The van der Waals surface area contributed by atoms with Gasteiger partial charge < -0.3 is 4.74 Å². The van der Waals surface area contributed by atoms with Gasteiger partial charge in [0.15, 0.2) is 0 Å². The van der Waals surface area contributed by atoms with Crippen molar-refractivity contribution in [2.75, 3.05) is 14.1 Å². The van der Waals surface area contributed by atoms with Crippen LogP contribution in [0.4, 0.5) is 0 Å². The first-order valence-electron chi connectivity index (χ1n) is 6.41. The molecule has 0 heterocycles. The van der Waals surface area contributed by atoms with Gasteiger partial charge in [0.1, 0.15) is 5.75 Å². The first-order valence-corrected chi connectivity index (χ1v) is 8.61. The molecular formula is C15H13Cl2NO4S. The first kappa shape index (κ1) is 17.7. The molecule has 0 atom stereocenters. The Kier molecular flexibility index (Phi) is 5.31. The summed E-state index contributed by atoms with van der Waals surface area (Å²) in [4.78, 5) is 12.2. The maximum atomic E-state index is 12.2. The van der Waals surface area contributed by atoms with Crippen molar-refractivity contribution in [3.05, 3.63) is 58.1 Å². The maximum absolute atomic E-state index is 12.2. The summed E-state index contributed by atoms with van der Waals surface area (Å²) in [7, 11) is -0.890. The van der Waals surface area contributed by atoms with Crippen LogP contribution >= 0.6 is 23.2 Å². The topological polar surface area (TPSA) is 63.7 Å². The highest BCUT2D eigenvalue weighted by atomic mass is 35.5. The third kappa shape index (κ3) is 4.03. The Labute approximate surface area is 144 Å². The molecule has 0 N–H and O–H groups in total. The largest absolute Gasteiger partial charge is 0.423 e. The molecule has 0 unspecified atom stereocenters. The lowest BCUT2D eigenvalue weighted by atomic mass is 10.2. The van der Waals surface area contributed by atoms with E-state index >= 15 is 0 Å². The van der Waals surface area contributed by atoms with E-state index in [0.717, 1.165) is 4.31 Å². The highest BCUT2D eigenvalue weighted by Crippen LogP contribution is 2.24. The predicted octanol–water partition coefficient (Wildman–Crippen LogP) is 3.46. The smallest absolute Gasteiger partial charge is 0.345 e. The minimum absolute atomic E-state index is 0.0467. The van der Waals surface area contributed by atoms with E-state index in [9.17, 15) is 13.2 Å². The number of benzene rings is 2. The highest BCUT2D eigenvalue weighted by Gasteiger charge is 2.21. The zero-order valence-corrected chi connectivity index (χ0v) is 14.6. The van der Waals surface area contributed by atoms with Gasteiger partial charge in [-0.3, -0.25) is 0 Å².